The van der Waals surface area contributed by atoms with Crippen LogP contribution in [0, 0.1) is 0 Å². The van der Waals surface area contributed by atoms with Gasteiger partial charge in [0.15, 0.2) is 0 Å². The highest BCUT2D eigenvalue weighted by molar-refractivity contribution is 14.1. The molecule has 0 saturated carbocycles. The van der Waals surface area contributed by atoms with Gasteiger partial charge in [-0.1, -0.05) is 6.92 Å². The van der Waals surface area contributed by atoms with Crippen molar-refractivity contribution in [1.29, 1.82) is 0 Å². The molecule has 36 valence electrons. The maximum Gasteiger partial charge on any atom is 0.00577 e. The summed E-state index contributed by atoms with van der Waals surface area (Å²) in [6, 6.07) is 0. The van der Waals surface area contributed by atoms with Crippen molar-refractivity contribution in [2.24, 2.45) is 5.73 Å². The molecule has 0 fully saturated rings. The highest BCUT2D eigenvalue weighted by Gasteiger charge is 1.76. The average molecular weight is 197 g/mol. The monoisotopic (exact) mass is 197 g/mol. The summed E-state index contributed by atoms with van der Waals surface area (Å²) in [7, 11) is 0. The van der Waals surface area contributed by atoms with E-state index in [1.54, 1.807) is 6.20 Å². The van der Waals surface area contributed by atoms with Crippen molar-refractivity contribution in [3.8, 4) is 0 Å². The fourth-order valence-corrected chi connectivity index (χ4v) is 0.118. The van der Waals surface area contributed by atoms with E-state index in [-0.39, 0.29) is 0 Å². The molecule has 0 amide bonds. The van der Waals surface area contributed by atoms with Crippen molar-refractivity contribution in [2.45, 2.75) is 13.3 Å². The van der Waals surface area contributed by atoms with Crippen LogP contribution in [0.15, 0.2) is 9.78 Å². The first-order valence-corrected chi connectivity index (χ1v) is 2.95. The summed E-state index contributed by atoms with van der Waals surface area (Å²) in [5.74, 6) is 0. The van der Waals surface area contributed by atoms with Crippen molar-refractivity contribution in [1.82, 2.24) is 0 Å². The smallest absolute Gasteiger partial charge is 0.00577 e. The summed E-state index contributed by atoms with van der Waals surface area (Å²) < 4.78 is 1.22. The average Bonchev–Trinajstić information content (AvgIpc) is 1.65. The van der Waals surface area contributed by atoms with Crippen LogP contribution in [0.25, 0.3) is 0 Å². The molecule has 2 N–H and O–H groups in total. The van der Waals surface area contributed by atoms with E-state index in [9.17, 15) is 0 Å². The molecular formula is C4H8IN. The molecule has 6 heavy (non-hydrogen) atoms. The molecule has 0 aromatic rings. The van der Waals surface area contributed by atoms with Gasteiger partial charge in [0.2, 0.25) is 0 Å². The topological polar surface area (TPSA) is 26.0 Å². The highest BCUT2D eigenvalue weighted by atomic mass is 127. The van der Waals surface area contributed by atoms with E-state index >= 15 is 0 Å². The minimum absolute atomic E-state index is 1.05. The third-order valence-corrected chi connectivity index (χ3v) is 1.64. The number of rotatable bonds is 1. The van der Waals surface area contributed by atoms with Gasteiger partial charge in [-0.25, -0.2) is 0 Å². The zero-order chi connectivity index (χ0) is 4.99. The van der Waals surface area contributed by atoms with Gasteiger partial charge < -0.3 is 5.73 Å². The van der Waals surface area contributed by atoms with Crippen LogP contribution < -0.4 is 5.73 Å². The predicted octanol–water partition coefficient (Wildman–Crippen LogP) is 1.63. The summed E-state index contributed by atoms with van der Waals surface area (Å²) in [6.07, 6.45) is 2.68. The van der Waals surface area contributed by atoms with Gasteiger partial charge in [-0.05, 0) is 29.0 Å². The first-order chi connectivity index (χ1) is 2.81. The summed E-state index contributed by atoms with van der Waals surface area (Å²) in [5.41, 5.74) is 5.11. The Morgan fingerprint density at radius 3 is 2.50 bits per heavy atom. The fraction of sp³-hybridized carbons (Fsp3) is 0.500. The van der Waals surface area contributed by atoms with Gasteiger partial charge in [0, 0.05) is 9.78 Å². The van der Waals surface area contributed by atoms with Crippen LogP contribution >= 0.6 is 22.6 Å². The molecule has 0 bridgehead atoms. The van der Waals surface area contributed by atoms with Crippen LogP contribution in [-0.2, 0) is 0 Å². The minimum atomic E-state index is 1.05. The number of nitrogens with two attached hydrogens (primary N) is 1. The largest absolute Gasteiger partial charge is 0.404 e. The predicted molar refractivity (Wildman–Crippen MR) is 36.6 cm³/mol. The molecular weight excluding hydrogens is 189 g/mol. The first-order valence-electron chi connectivity index (χ1n) is 1.87. The van der Waals surface area contributed by atoms with Crippen molar-refractivity contribution in [3.63, 3.8) is 0 Å². The lowest BCUT2D eigenvalue weighted by molar-refractivity contribution is 1.20. The number of hydrogen-bond donors (Lipinski definition) is 1. The van der Waals surface area contributed by atoms with E-state index in [1.807, 2.05) is 0 Å². The zero-order valence-electron chi connectivity index (χ0n) is 3.74. The minimum Gasteiger partial charge on any atom is -0.404 e. The quantitative estimate of drug-likeness (QED) is 0.635. The third-order valence-electron chi connectivity index (χ3n) is 0.519. The Balaban J connectivity index is 3.22. The van der Waals surface area contributed by atoms with Gasteiger partial charge in [-0.2, -0.15) is 0 Å². The lowest BCUT2D eigenvalue weighted by atomic mass is 10.5. The van der Waals surface area contributed by atoms with Crippen LogP contribution in [0.2, 0.25) is 0 Å². The SMILES string of the molecule is CC/C(I)=C/N. The molecule has 0 saturated heterocycles. The standard InChI is InChI=1S/C4H8IN/c1-2-4(5)3-6/h3H,2,6H2,1H3/b4-3-. The Morgan fingerprint density at radius 2 is 2.50 bits per heavy atom. The lowest BCUT2D eigenvalue weighted by Crippen LogP contribution is -1.77. The Bertz CT molecular complexity index is 58.6. The summed E-state index contributed by atoms with van der Waals surface area (Å²) >= 11 is 2.21. The molecule has 2 heteroatoms. The van der Waals surface area contributed by atoms with Gasteiger partial charge >= 0.3 is 0 Å². The Morgan fingerprint density at radius 1 is 2.00 bits per heavy atom. The zero-order valence-corrected chi connectivity index (χ0v) is 5.90. The second-order valence-electron chi connectivity index (χ2n) is 0.967. The molecule has 0 unspecified atom stereocenters. The molecule has 1 nitrogen and oxygen atoms in total. The summed E-state index contributed by atoms with van der Waals surface area (Å²) in [6.45, 7) is 2.07. The maximum absolute atomic E-state index is 5.11. The third kappa shape index (κ3) is 2.50. The Kier molecular flexibility index (Phi) is 3.62. The number of allylic oxidation sites excluding steroid dienone is 1. The van der Waals surface area contributed by atoms with Crippen molar-refractivity contribution in [3.05, 3.63) is 9.78 Å². The van der Waals surface area contributed by atoms with Crippen LogP contribution in [0.1, 0.15) is 13.3 Å². The lowest BCUT2D eigenvalue weighted by Gasteiger charge is -1.82. The maximum atomic E-state index is 5.11. The number of halogens is 1. The van der Waals surface area contributed by atoms with Crippen LogP contribution in [0.5, 0.6) is 0 Å². The Hall–Kier alpha value is 0.270. The second kappa shape index (κ2) is 3.46. The van der Waals surface area contributed by atoms with E-state index in [0.29, 0.717) is 0 Å². The van der Waals surface area contributed by atoms with E-state index in [0.717, 1.165) is 6.42 Å². The number of hydrogen-bond acceptors (Lipinski definition) is 1. The molecule has 0 aromatic carbocycles. The van der Waals surface area contributed by atoms with E-state index in [2.05, 4.69) is 29.5 Å². The van der Waals surface area contributed by atoms with Crippen LogP contribution in [0.3, 0.4) is 0 Å². The molecule has 0 aliphatic heterocycles. The molecule has 0 atom stereocenters. The van der Waals surface area contributed by atoms with Crippen molar-refractivity contribution >= 4 is 22.6 Å². The van der Waals surface area contributed by atoms with Gasteiger partial charge in [-0.15, -0.1) is 0 Å². The molecule has 0 aliphatic carbocycles. The van der Waals surface area contributed by atoms with Crippen molar-refractivity contribution < 1.29 is 0 Å². The summed E-state index contributed by atoms with van der Waals surface area (Å²) in [4.78, 5) is 0. The normalized spacial score (nSPS) is 12.0. The highest BCUT2D eigenvalue weighted by Crippen LogP contribution is 2.05. The van der Waals surface area contributed by atoms with Gasteiger partial charge in [0.05, 0.1) is 0 Å². The summed E-state index contributed by atoms with van der Waals surface area (Å²) in [5, 5.41) is 0. The molecule has 0 aliphatic rings. The molecule has 0 heterocycles. The van der Waals surface area contributed by atoms with Crippen molar-refractivity contribution in [2.75, 3.05) is 0 Å². The second-order valence-corrected chi connectivity index (χ2v) is 2.35. The van der Waals surface area contributed by atoms with Crippen LogP contribution in [0.4, 0.5) is 0 Å². The Labute approximate surface area is 51.7 Å². The molecule has 0 spiro atoms. The van der Waals surface area contributed by atoms with Gasteiger partial charge in [0.1, 0.15) is 0 Å². The van der Waals surface area contributed by atoms with Gasteiger partial charge in [-0.3, -0.25) is 0 Å². The van der Waals surface area contributed by atoms with Crippen LogP contribution in [-0.4, -0.2) is 0 Å². The van der Waals surface area contributed by atoms with E-state index < -0.39 is 0 Å². The molecule has 0 aromatic heterocycles. The molecule has 0 rings (SSSR count). The fourth-order valence-electron chi connectivity index (χ4n) is 0.118. The van der Waals surface area contributed by atoms with E-state index in [4.69, 9.17) is 5.73 Å². The first kappa shape index (κ1) is 6.27. The van der Waals surface area contributed by atoms with E-state index in [1.165, 1.54) is 3.58 Å². The van der Waals surface area contributed by atoms with Gasteiger partial charge in [0.25, 0.3) is 0 Å². The molecule has 0 radical (unpaired) electrons.